The van der Waals surface area contributed by atoms with Crippen molar-refractivity contribution in [2.75, 3.05) is 0 Å². The second-order valence-electron chi connectivity index (χ2n) is 4.34. The molecule has 0 bridgehead atoms. The highest BCUT2D eigenvalue weighted by Gasteiger charge is 2.35. The van der Waals surface area contributed by atoms with Crippen molar-refractivity contribution in [1.29, 1.82) is 0 Å². The summed E-state index contributed by atoms with van der Waals surface area (Å²) in [5.74, 6) is 0.0959. The van der Waals surface area contributed by atoms with E-state index in [0.717, 1.165) is 0 Å². The largest absolute Gasteiger partial charge is 0.432 e. The maximum atomic E-state index is 11.4. The van der Waals surface area contributed by atoms with Crippen molar-refractivity contribution in [2.24, 2.45) is 11.8 Å². The molecular formula is C11H18O3. The summed E-state index contributed by atoms with van der Waals surface area (Å²) in [6.07, 6.45) is -0.635. The molecule has 0 radical (unpaired) electrons. The molecule has 0 aromatic rings. The number of hydrogen-bond donors (Lipinski definition) is 0. The van der Waals surface area contributed by atoms with Crippen LogP contribution in [-0.2, 0) is 14.3 Å². The van der Waals surface area contributed by atoms with Gasteiger partial charge in [-0.05, 0) is 5.92 Å². The number of esters is 1. The summed E-state index contributed by atoms with van der Waals surface area (Å²) < 4.78 is 10.7. The zero-order chi connectivity index (χ0) is 10.9. The van der Waals surface area contributed by atoms with Crippen LogP contribution in [0.3, 0.4) is 0 Å². The van der Waals surface area contributed by atoms with Crippen LogP contribution in [0.25, 0.3) is 0 Å². The minimum Gasteiger partial charge on any atom is -0.432 e. The van der Waals surface area contributed by atoms with Crippen molar-refractivity contribution in [3.63, 3.8) is 0 Å². The van der Waals surface area contributed by atoms with Gasteiger partial charge in [0.2, 0.25) is 6.29 Å². The molecule has 0 saturated carbocycles. The fourth-order valence-corrected chi connectivity index (χ4v) is 1.40. The fourth-order valence-electron chi connectivity index (χ4n) is 1.40. The Labute approximate surface area is 85.1 Å². The third kappa shape index (κ3) is 2.15. The fraction of sp³-hybridized carbons (Fsp3) is 0.727. The van der Waals surface area contributed by atoms with Crippen LogP contribution >= 0.6 is 0 Å². The Morgan fingerprint density at radius 3 is 2.21 bits per heavy atom. The molecule has 0 aromatic carbocycles. The van der Waals surface area contributed by atoms with Gasteiger partial charge in [0, 0.05) is 5.92 Å². The lowest BCUT2D eigenvalue weighted by Crippen LogP contribution is -2.42. The Kier molecular flexibility index (Phi) is 3.32. The van der Waals surface area contributed by atoms with Gasteiger partial charge in [0.1, 0.15) is 0 Å². The molecule has 0 N–H and O–H groups in total. The van der Waals surface area contributed by atoms with Gasteiger partial charge in [-0.25, -0.2) is 4.79 Å². The van der Waals surface area contributed by atoms with Crippen molar-refractivity contribution in [3.8, 4) is 0 Å². The number of rotatable bonds is 2. The number of carbonyl (C=O) groups excluding carboxylic acids is 1. The number of carbonyl (C=O) groups is 1. The van der Waals surface area contributed by atoms with Crippen LogP contribution in [0.4, 0.5) is 0 Å². The Balaban J connectivity index is 2.76. The second-order valence-corrected chi connectivity index (χ2v) is 4.34. The summed E-state index contributed by atoms with van der Waals surface area (Å²) in [5.41, 5.74) is 0.428. The van der Waals surface area contributed by atoms with Crippen LogP contribution in [0.15, 0.2) is 12.2 Å². The summed E-state index contributed by atoms with van der Waals surface area (Å²) in [5, 5.41) is 0. The lowest BCUT2D eigenvalue weighted by molar-refractivity contribution is -0.217. The lowest BCUT2D eigenvalue weighted by atomic mass is 9.98. The van der Waals surface area contributed by atoms with Gasteiger partial charge in [-0.2, -0.15) is 0 Å². The molecule has 14 heavy (non-hydrogen) atoms. The molecule has 2 atom stereocenters. The minimum atomic E-state index is -0.430. The summed E-state index contributed by atoms with van der Waals surface area (Å²) in [6, 6.07) is 0. The van der Waals surface area contributed by atoms with Crippen LogP contribution in [-0.4, -0.2) is 18.4 Å². The van der Waals surface area contributed by atoms with Crippen LogP contribution < -0.4 is 0 Å². The number of ether oxygens (including phenoxy) is 2. The quantitative estimate of drug-likeness (QED) is 0.503. The van der Waals surface area contributed by atoms with Gasteiger partial charge in [0.05, 0.1) is 11.7 Å². The normalized spacial score (nSPS) is 28.4. The molecule has 1 rings (SSSR count). The second kappa shape index (κ2) is 4.13. The van der Waals surface area contributed by atoms with E-state index in [2.05, 4.69) is 6.58 Å². The van der Waals surface area contributed by atoms with Crippen molar-refractivity contribution in [3.05, 3.63) is 12.2 Å². The van der Waals surface area contributed by atoms with E-state index < -0.39 is 6.29 Å². The van der Waals surface area contributed by atoms with E-state index in [1.807, 2.05) is 27.7 Å². The third-order valence-electron chi connectivity index (χ3n) is 2.26. The van der Waals surface area contributed by atoms with Crippen LogP contribution in [0.2, 0.25) is 0 Å². The topological polar surface area (TPSA) is 35.5 Å². The predicted molar refractivity (Wildman–Crippen MR) is 53.6 cm³/mol. The summed E-state index contributed by atoms with van der Waals surface area (Å²) in [6.45, 7) is 11.6. The van der Waals surface area contributed by atoms with E-state index in [9.17, 15) is 4.79 Å². The van der Waals surface area contributed by atoms with E-state index in [0.29, 0.717) is 5.57 Å². The maximum absolute atomic E-state index is 11.4. The zero-order valence-corrected chi connectivity index (χ0v) is 9.24. The van der Waals surface area contributed by atoms with Crippen molar-refractivity contribution in [1.82, 2.24) is 0 Å². The van der Waals surface area contributed by atoms with Gasteiger partial charge in [0.15, 0.2) is 0 Å². The highest BCUT2D eigenvalue weighted by Crippen LogP contribution is 2.26. The van der Waals surface area contributed by atoms with E-state index in [1.54, 1.807) is 0 Å². The van der Waals surface area contributed by atoms with Crippen LogP contribution in [0.1, 0.15) is 27.7 Å². The first-order valence-corrected chi connectivity index (χ1v) is 4.98. The lowest BCUT2D eigenvalue weighted by Gasteiger charge is -2.34. The van der Waals surface area contributed by atoms with Gasteiger partial charge < -0.3 is 9.47 Å². The van der Waals surface area contributed by atoms with Crippen LogP contribution in [0.5, 0.6) is 0 Å². The standard InChI is InChI=1S/C11H18O3/c1-6(2)9-8(5)10(12)14-11(13-9)7(3)4/h6-7,9,11H,5H2,1-4H3/t9-,11-/m0/s1. The van der Waals surface area contributed by atoms with Crippen molar-refractivity contribution in [2.45, 2.75) is 40.1 Å². The molecule has 0 amide bonds. The Morgan fingerprint density at radius 2 is 1.79 bits per heavy atom. The molecule has 3 heteroatoms. The van der Waals surface area contributed by atoms with Gasteiger partial charge >= 0.3 is 5.97 Å². The molecule has 80 valence electrons. The number of cyclic esters (lactones) is 1. The Bertz CT molecular complexity index is 243. The predicted octanol–water partition coefficient (Wildman–Crippen LogP) is 2.12. The first-order valence-electron chi connectivity index (χ1n) is 4.98. The van der Waals surface area contributed by atoms with E-state index in [1.165, 1.54) is 0 Å². The van der Waals surface area contributed by atoms with Gasteiger partial charge in [-0.1, -0.05) is 34.3 Å². The maximum Gasteiger partial charge on any atom is 0.338 e. The van der Waals surface area contributed by atoms with Crippen molar-refractivity contribution >= 4 is 5.97 Å². The smallest absolute Gasteiger partial charge is 0.338 e. The summed E-state index contributed by atoms with van der Waals surface area (Å²) in [7, 11) is 0. The molecule has 0 aromatic heterocycles. The summed E-state index contributed by atoms with van der Waals surface area (Å²) >= 11 is 0. The molecule has 3 nitrogen and oxygen atoms in total. The highest BCUT2D eigenvalue weighted by molar-refractivity contribution is 5.89. The third-order valence-corrected chi connectivity index (χ3v) is 2.26. The highest BCUT2D eigenvalue weighted by atomic mass is 16.7. The van der Waals surface area contributed by atoms with E-state index in [4.69, 9.17) is 9.47 Å². The summed E-state index contributed by atoms with van der Waals surface area (Å²) in [4.78, 5) is 11.4. The first-order chi connectivity index (χ1) is 6.43. The zero-order valence-electron chi connectivity index (χ0n) is 9.24. The monoisotopic (exact) mass is 198 g/mol. The minimum absolute atomic E-state index is 0.174. The first kappa shape index (κ1) is 11.2. The van der Waals surface area contributed by atoms with Crippen molar-refractivity contribution < 1.29 is 14.3 Å². The van der Waals surface area contributed by atoms with Crippen LogP contribution in [0, 0.1) is 11.8 Å². The molecular weight excluding hydrogens is 180 g/mol. The molecule has 1 aliphatic rings. The molecule has 1 fully saturated rings. The average Bonchev–Trinajstić information content (AvgIpc) is 2.08. The Hall–Kier alpha value is -0.830. The molecule has 1 saturated heterocycles. The molecule has 1 heterocycles. The van der Waals surface area contributed by atoms with E-state index >= 15 is 0 Å². The molecule has 1 aliphatic heterocycles. The average molecular weight is 198 g/mol. The SMILES string of the molecule is C=C1C(=O)O[C@@H](C(C)C)O[C@H]1C(C)C. The number of hydrogen-bond acceptors (Lipinski definition) is 3. The van der Waals surface area contributed by atoms with E-state index in [-0.39, 0.29) is 23.9 Å². The molecule has 0 unspecified atom stereocenters. The molecule has 0 aliphatic carbocycles. The van der Waals surface area contributed by atoms with Gasteiger partial charge in [-0.15, -0.1) is 0 Å². The van der Waals surface area contributed by atoms with Gasteiger partial charge in [-0.3, -0.25) is 0 Å². The Morgan fingerprint density at radius 1 is 1.21 bits per heavy atom. The molecule has 0 spiro atoms. The van der Waals surface area contributed by atoms with Gasteiger partial charge in [0.25, 0.3) is 0 Å².